The Hall–Kier alpha value is -1.55. The molecule has 0 amide bonds. The summed E-state index contributed by atoms with van der Waals surface area (Å²) < 4.78 is 38.6. The summed E-state index contributed by atoms with van der Waals surface area (Å²) >= 11 is 0. The minimum atomic E-state index is -4.66. The molecule has 1 N–H and O–H groups in total. The molecule has 0 spiro atoms. The number of rotatable bonds is 2. The lowest BCUT2D eigenvalue weighted by molar-refractivity contribution is -0.206. The van der Waals surface area contributed by atoms with E-state index in [2.05, 4.69) is 0 Å². The van der Waals surface area contributed by atoms with Crippen molar-refractivity contribution in [3.63, 3.8) is 0 Å². The summed E-state index contributed by atoms with van der Waals surface area (Å²) in [5.41, 5.74) is 3.78. The number of aliphatic hydroxyl groups is 1. The summed E-state index contributed by atoms with van der Waals surface area (Å²) in [5.74, 6) is 0.283. The second kappa shape index (κ2) is 5.34. The molecule has 0 saturated heterocycles. The molecule has 114 valence electrons. The minimum absolute atomic E-state index is 0.0570. The van der Waals surface area contributed by atoms with Crippen LogP contribution in [0.15, 0.2) is 24.3 Å². The summed E-state index contributed by atoms with van der Waals surface area (Å²) in [6.45, 7) is 7.64. The molecule has 0 fully saturated rings. The van der Waals surface area contributed by atoms with Crippen LogP contribution in [-0.2, 0) is 0 Å². The first-order chi connectivity index (χ1) is 9.62. The Balaban J connectivity index is 2.71. The van der Waals surface area contributed by atoms with Gasteiger partial charge >= 0.3 is 6.18 Å². The predicted molar refractivity (Wildman–Crippen MR) is 77.6 cm³/mol. The molecule has 2 aliphatic carbocycles. The maximum Gasteiger partial charge on any atom is 0.418 e. The van der Waals surface area contributed by atoms with Gasteiger partial charge in [0.1, 0.15) is 0 Å². The maximum atomic E-state index is 12.9. The van der Waals surface area contributed by atoms with Gasteiger partial charge in [-0.15, -0.1) is 0 Å². The van der Waals surface area contributed by atoms with Crippen molar-refractivity contribution in [1.29, 1.82) is 0 Å². The lowest BCUT2D eigenvalue weighted by atomic mass is 9.99. The largest absolute Gasteiger partial charge is 0.418 e. The van der Waals surface area contributed by atoms with E-state index < -0.39 is 12.3 Å². The van der Waals surface area contributed by atoms with E-state index in [1.165, 1.54) is 6.07 Å². The van der Waals surface area contributed by atoms with Gasteiger partial charge in [-0.1, -0.05) is 38.1 Å². The number of halogens is 3. The van der Waals surface area contributed by atoms with Gasteiger partial charge in [0, 0.05) is 0 Å². The van der Waals surface area contributed by atoms with Crippen molar-refractivity contribution in [2.45, 2.75) is 45.9 Å². The van der Waals surface area contributed by atoms with Gasteiger partial charge in [0.2, 0.25) is 0 Å². The highest BCUT2D eigenvalue weighted by Gasteiger charge is 2.41. The topological polar surface area (TPSA) is 20.2 Å². The second-order valence-electron chi connectivity index (χ2n) is 5.83. The van der Waals surface area contributed by atoms with Gasteiger partial charge in [-0.05, 0) is 53.1 Å². The molecule has 0 aliphatic heterocycles. The van der Waals surface area contributed by atoms with E-state index in [1.54, 1.807) is 13.8 Å². The molecule has 0 aromatic rings. The van der Waals surface area contributed by atoms with Crippen molar-refractivity contribution >= 4 is 0 Å². The molecule has 0 saturated carbocycles. The van der Waals surface area contributed by atoms with Crippen LogP contribution >= 0.6 is 0 Å². The molecule has 2 rings (SSSR count). The number of fused-ring (bicyclic) bond motifs is 1. The van der Waals surface area contributed by atoms with Crippen molar-refractivity contribution in [3.8, 4) is 11.1 Å². The Morgan fingerprint density at radius 1 is 1.00 bits per heavy atom. The summed E-state index contributed by atoms with van der Waals surface area (Å²) in [4.78, 5) is 0. The fraction of sp³-hybridized carbons (Fsp3) is 0.412. The van der Waals surface area contributed by atoms with Crippen molar-refractivity contribution in [3.05, 3.63) is 46.5 Å². The Bertz CT molecular complexity index is 629. The third-order valence-electron chi connectivity index (χ3n) is 3.86. The van der Waals surface area contributed by atoms with Gasteiger partial charge in [0.15, 0.2) is 6.10 Å². The molecular formula is C17H19F3O. The molecule has 0 aromatic heterocycles. The third kappa shape index (κ3) is 2.91. The Morgan fingerprint density at radius 3 is 2.14 bits per heavy atom. The van der Waals surface area contributed by atoms with Crippen molar-refractivity contribution < 1.29 is 18.3 Å². The SMILES string of the molecule is Cc1cc([C@H](O)C(F)(F)F)c2c(C)ccc(C(C)C)cc1-2. The maximum absolute atomic E-state index is 12.9. The van der Waals surface area contributed by atoms with E-state index in [9.17, 15) is 18.3 Å². The molecule has 1 atom stereocenters. The van der Waals surface area contributed by atoms with Crippen molar-refractivity contribution in [2.24, 2.45) is 0 Å². The second-order valence-corrected chi connectivity index (χ2v) is 5.83. The van der Waals surface area contributed by atoms with E-state index in [0.29, 0.717) is 5.56 Å². The molecule has 1 nitrogen and oxygen atoms in total. The average molecular weight is 296 g/mol. The van der Waals surface area contributed by atoms with E-state index in [-0.39, 0.29) is 11.5 Å². The lowest BCUT2D eigenvalue weighted by Crippen LogP contribution is -2.20. The standard InChI is InChI=1S/C17H19F3O/c1-9(2)12-6-5-10(3)15-13(8-12)11(4)7-14(15)16(21)17(18,19)20/h5-9,16,21H,1-4H3/t16-/m0/s1. The van der Waals surface area contributed by atoms with Crippen LogP contribution in [0.25, 0.3) is 11.1 Å². The third-order valence-corrected chi connectivity index (χ3v) is 3.86. The molecule has 0 unspecified atom stereocenters. The fourth-order valence-electron chi connectivity index (χ4n) is 2.63. The molecule has 0 bridgehead atoms. The number of hydrogen-bond acceptors (Lipinski definition) is 1. The summed E-state index contributed by atoms with van der Waals surface area (Å²) in [6, 6.07) is 7.13. The molecule has 4 heteroatoms. The monoisotopic (exact) mass is 296 g/mol. The molecular weight excluding hydrogens is 277 g/mol. The normalized spacial score (nSPS) is 14.0. The molecule has 0 heterocycles. The van der Waals surface area contributed by atoms with Crippen LogP contribution in [-0.4, -0.2) is 11.3 Å². The number of hydrogen-bond donors (Lipinski definition) is 1. The first-order valence-electron chi connectivity index (χ1n) is 6.91. The summed E-state index contributed by atoms with van der Waals surface area (Å²) in [6.07, 6.45) is -7.10. The highest BCUT2D eigenvalue weighted by atomic mass is 19.4. The van der Waals surface area contributed by atoms with E-state index in [1.807, 2.05) is 32.0 Å². The van der Waals surface area contributed by atoms with Gasteiger partial charge in [0.05, 0.1) is 0 Å². The van der Waals surface area contributed by atoms with Crippen molar-refractivity contribution in [1.82, 2.24) is 0 Å². The quantitative estimate of drug-likeness (QED) is 0.814. The van der Waals surface area contributed by atoms with E-state index in [4.69, 9.17) is 0 Å². The zero-order valence-electron chi connectivity index (χ0n) is 12.5. The number of aryl methyl sites for hydroxylation is 2. The Labute approximate surface area is 122 Å². The smallest absolute Gasteiger partial charge is 0.379 e. The Kier molecular flexibility index (Phi) is 4.02. The van der Waals surface area contributed by atoms with Gasteiger partial charge in [-0.25, -0.2) is 0 Å². The first kappa shape index (κ1) is 15.8. The van der Waals surface area contributed by atoms with Crippen LogP contribution in [0.3, 0.4) is 0 Å². The molecule has 0 aromatic carbocycles. The van der Waals surface area contributed by atoms with Crippen LogP contribution in [0.5, 0.6) is 0 Å². The van der Waals surface area contributed by atoms with Crippen LogP contribution < -0.4 is 0 Å². The Morgan fingerprint density at radius 2 is 1.62 bits per heavy atom. The van der Waals surface area contributed by atoms with Crippen LogP contribution in [0.1, 0.15) is 48.1 Å². The average Bonchev–Trinajstić information content (AvgIpc) is 2.56. The molecule has 21 heavy (non-hydrogen) atoms. The summed E-state index contributed by atoms with van der Waals surface area (Å²) in [5, 5.41) is 9.63. The van der Waals surface area contributed by atoms with Gasteiger partial charge in [-0.3, -0.25) is 0 Å². The number of aliphatic hydroxyl groups excluding tert-OH is 1. The molecule has 2 aliphatic rings. The van der Waals surface area contributed by atoms with Crippen molar-refractivity contribution in [2.75, 3.05) is 0 Å². The van der Waals surface area contributed by atoms with Crippen LogP contribution in [0, 0.1) is 13.8 Å². The van der Waals surface area contributed by atoms with Gasteiger partial charge in [0.25, 0.3) is 0 Å². The highest BCUT2D eigenvalue weighted by Crippen LogP contribution is 2.43. The number of alkyl halides is 3. The van der Waals surface area contributed by atoms with E-state index >= 15 is 0 Å². The summed E-state index contributed by atoms with van der Waals surface area (Å²) in [7, 11) is 0. The highest BCUT2D eigenvalue weighted by molar-refractivity contribution is 5.78. The zero-order valence-corrected chi connectivity index (χ0v) is 12.5. The fourth-order valence-corrected chi connectivity index (χ4v) is 2.63. The lowest BCUT2D eigenvalue weighted by Gasteiger charge is -2.15. The van der Waals surface area contributed by atoms with E-state index in [0.717, 1.165) is 22.3 Å². The van der Waals surface area contributed by atoms with Gasteiger partial charge in [-0.2, -0.15) is 13.2 Å². The van der Waals surface area contributed by atoms with Crippen LogP contribution in [0.2, 0.25) is 0 Å². The first-order valence-corrected chi connectivity index (χ1v) is 6.91. The molecule has 0 radical (unpaired) electrons. The zero-order chi connectivity index (χ0) is 15.9. The minimum Gasteiger partial charge on any atom is -0.379 e. The van der Waals surface area contributed by atoms with Gasteiger partial charge < -0.3 is 5.11 Å². The van der Waals surface area contributed by atoms with Crippen LogP contribution in [0.4, 0.5) is 13.2 Å². The predicted octanol–water partition coefficient (Wildman–Crippen LogP) is 5.13.